The van der Waals surface area contributed by atoms with Gasteiger partial charge in [-0.25, -0.2) is 13.8 Å². The smallest absolute Gasteiger partial charge is 0.256 e. The summed E-state index contributed by atoms with van der Waals surface area (Å²) in [5.41, 5.74) is 2.72. The van der Waals surface area contributed by atoms with E-state index >= 15 is 0 Å². The molecule has 1 N–H and O–H groups in total. The summed E-state index contributed by atoms with van der Waals surface area (Å²) >= 11 is 0. The second kappa shape index (κ2) is 6.96. The zero-order valence-electron chi connectivity index (χ0n) is 14.1. The monoisotopic (exact) mass is 360 g/mol. The van der Waals surface area contributed by atoms with E-state index in [4.69, 9.17) is 0 Å². The van der Waals surface area contributed by atoms with E-state index in [9.17, 15) is 13.6 Å². The molecular formula is C22H14F2N2O. The Labute approximate surface area is 154 Å². The summed E-state index contributed by atoms with van der Waals surface area (Å²) in [5.74, 6) is -1.26. The van der Waals surface area contributed by atoms with Gasteiger partial charge in [0.15, 0.2) is 0 Å². The van der Waals surface area contributed by atoms with Gasteiger partial charge in [0.25, 0.3) is 5.91 Å². The third-order valence-corrected chi connectivity index (χ3v) is 4.19. The van der Waals surface area contributed by atoms with Crippen molar-refractivity contribution in [3.63, 3.8) is 0 Å². The Morgan fingerprint density at radius 2 is 1.52 bits per heavy atom. The van der Waals surface area contributed by atoms with Crippen LogP contribution in [0, 0.1) is 11.6 Å². The molecule has 4 rings (SSSR count). The quantitative estimate of drug-likeness (QED) is 0.529. The number of hydrogen-bond acceptors (Lipinski definition) is 2. The van der Waals surface area contributed by atoms with Crippen LogP contribution in [0.1, 0.15) is 10.4 Å². The third kappa shape index (κ3) is 3.53. The lowest BCUT2D eigenvalue weighted by molar-refractivity contribution is 0.102. The van der Waals surface area contributed by atoms with Crippen molar-refractivity contribution >= 4 is 22.5 Å². The van der Waals surface area contributed by atoms with Crippen LogP contribution in [0.15, 0.2) is 78.9 Å². The molecule has 0 saturated heterocycles. The number of benzene rings is 3. The molecule has 1 heterocycles. The molecule has 0 aliphatic carbocycles. The van der Waals surface area contributed by atoms with Crippen molar-refractivity contribution in [2.24, 2.45) is 0 Å². The largest absolute Gasteiger partial charge is 0.322 e. The molecule has 0 saturated carbocycles. The highest BCUT2D eigenvalue weighted by Gasteiger charge is 2.15. The van der Waals surface area contributed by atoms with Gasteiger partial charge in [-0.15, -0.1) is 0 Å². The normalized spacial score (nSPS) is 10.7. The van der Waals surface area contributed by atoms with Crippen molar-refractivity contribution in [2.45, 2.75) is 0 Å². The molecule has 5 heteroatoms. The molecule has 0 atom stereocenters. The minimum atomic E-state index is -0.451. The number of anilines is 1. The van der Waals surface area contributed by atoms with Gasteiger partial charge in [-0.05, 0) is 48.5 Å². The van der Waals surface area contributed by atoms with Gasteiger partial charge in [-0.3, -0.25) is 4.79 Å². The first kappa shape index (κ1) is 16.8. The van der Waals surface area contributed by atoms with Crippen molar-refractivity contribution in [3.8, 4) is 11.3 Å². The second-order valence-electron chi connectivity index (χ2n) is 6.04. The third-order valence-electron chi connectivity index (χ3n) is 4.19. The van der Waals surface area contributed by atoms with Gasteiger partial charge < -0.3 is 5.32 Å². The Balaban J connectivity index is 1.82. The number of nitrogens with one attached hydrogen (secondary N) is 1. The maximum absolute atomic E-state index is 13.8. The first-order chi connectivity index (χ1) is 13.1. The highest BCUT2D eigenvalue weighted by atomic mass is 19.1. The molecule has 3 aromatic carbocycles. The van der Waals surface area contributed by atoms with Crippen LogP contribution in [-0.4, -0.2) is 10.9 Å². The Bertz CT molecular complexity index is 1130. The van der Waals surface area contributed by atoms with Crippen molar-refractivity contribution in [1.82, 2.24) is 4.98 Å². The predicted molar refractivity (Wildman–Crippen MR) is 101 cm³/mol. The van der Waals surface area contributed by atoms with Gasteiger partial charge in [-0.2, -0.15) is 0 Å². The first-order valence-electron chi connectivity index (χ1n) is 8.33. The minimum Gasteiger partial charge on any atom is -0.322 e. The molecule has 27 heavy (non-hydrogen) atoms. The predicted octanol–water partition coefficient (Wildman–Crippen LogP) is 5.43. The van der Waals surface area contributed by atoms with E-state index in [-0.39, 0.29) is 0 Å². The number of amides is 1. The first-order valence-corrected chi connectivity index (χ1v) is 8.33. The number of aromatic nitrogens is 1. The molecule has 132 valence electrons. The minimum absolute atomic E-state index is 0.294. The fourth-order valence-corrected chi connectivity index (χ4v) is 2.87. The fraction of sp³-hybridized carbons (Fsp3) is 0. The van der Waals surface area contributed by atoms with Gasteiger partial charge in [0.1, 0.15) is 11.6 Å². The van der Waals surface area contributed by atoms with E-state index in [1.807, 2.05) is 30.3 Å². The number of carbonyl (C=O) groups is 1. The average Bonchev–Trinajstić information content (AvgIpc) is 2.69. The Kier molecular flexibility index (Phi) is 4.34. The highest BCUT2D eigenvalue weighted by molar-refractivity contribution is 6.13. The Hall–Kier alpha value is -3.60. The lowest BCUT2D eigenvalue weighted by Gasteiger charge is -2.11. The zero-order chi connectivity index (χ0) is 18.8. The number of fused-ring (bicyclic) bond motifs is 1. The van der Waals surface area contributed by atoms with Crippen LogP contribution in [0.5, 0.6) is 0 Å². The van der Waals surface area contributed by atoms with Gasteiger partial charge in [0.2, 0.25) is 0 Å². The number of nitrogens with zero attached hydrogens (tertiary/aromatic N) is 1. The van der Waals surface area contributed by atoms with Crippen LogP contribution in [0.2, 0.25) is 0 Å². The van der Waals surface area contributed by atoms with Crippen molar-refractivity contribution in [1.29, 1.82) is 0 Å². The molecule has 3 nitrogen and oxygen atoms in total. The second-order valence-corrected chi connectivity index (χ2v) is 6.04. The summed E-state index contributed by atoms with van der Waals surface area (Å²) in [6.45, 7) is 0. The van der Waals surface area contributed by atoms with Crippen LogP contribution >= 0.6 is 0 Å². The molecule has 0 unspecified atom stereocenters. The number of carbonyl (C=O) groups excluding carboxylic acids is 1. The van der Waals surface area contributed by atoms with Crippen LogP contribution < -0.4 is 5.32 Å². The molecule has 0 spiro atoms. The summed E-state index contributed by atoms with van der Waals surface area (Å²) in [4.78, 5) is 17.4. The van der Waals surface area contributed by atoms with Crippen LogP contribution in [0.25, 0.3) is 22.2 Å². The summed E-state index contributed by atoms with van der Waals surface area (Å²) in [6.07, 6.45) is 0. The maximum atomic E-state index is 13.8. The molecule has 1 aromatic heterocycles. The van der Waals surface area contributed by atoms with E-state index in [0.717, 1.165) is 5.56 Å². The van der Waals surface area contributed by atoms with Gasteiger partial charge in [-0.1, -0.05) is 30.3 Å². The molecule has 0 fully saturated rings. The fourth-order valence-electron chi connectivity index (χ4n) is 2.87. The molecule has 0 radical (unpaired) electrons. The van der Waals surface area contributed by atoms with E-state index in [0.29, 0.717) is 27.8 Å². The lowest BCUT2D eigenvalue weighted by atomic mass is 10.0. The Morgan fingerprint density at radius 1 is 0.815 bits per heavy atom. The Morgan fingerprint density at radius 3 is 2.26 bits per heavy atom. The number of pyridine rings is 1. The van der Waals surface area contributed by atoms with Crippen molar-refractivity contribution in [2.75, 3.05) is 5.32 Å². The number of halogens is 2. The molecule has 4 aromatic rings. The van der Waals surface area contributed by atoms with E-state index in [1.165, 1.54) is 36.4 Å². The number of rotatable bonds is 3. The van der Waals surface area contributed by atoms with E-state index in [2.05, 4.69) is 10.3 Å². The van der Waals surface area contributed by atoms with Crippen molar-refractivity contribution < 1.29 is 13.6 Å². The summed E-state index contributed by atoms with van der Waals surface area (Å²) in [7, 11) is 0. The molecule has 1 amide bonds. The highest BCUT2D eigenvalue weighted by Crippen LogP contribution is 2.26. The van der Waals surface area contributed by atoms with E-state index in [1.54, 1.807) is 12.1 Å². The summed E-state index contributed by atoms with van der Waals surface area (Å²) in [5, 5.41) is 3.13. The molecular weight excluding hydrogens is 346 g/mol. The molecule has 0 aliphatic heterocycles. The van der Waals surface area contributed by atoms with Gasteiger partial charge in [0.05, 0.1) is 16.8 Å². The van der Waals surface area contributed by atoms with Crippen LogP contribution in [0.3, 0.4) is 0 Å². The lowest BCUT2D eigenvalue weighted by Crippen LogP contribution is -2.13. The van der Waals surface area contributed by atoms with Crippen LogP contribution in [0.4, 0.5) is 14.5 Å². The maximum Gasteiger partial charge on any atom is 0.256 e. The average molecular weight is 360 g/mol. The zero-order valence-corrected chi connectivity index (χ0v) is 14.1. The summed E-state index contributed by atoms with van der Waals surface area (Å²) in [6, 6.07) is 20.7. The molecule has 0 aliphatic rings. The van der Waals surface area contributed by atoms with Crippen molar-refractivity contribution in [3.05, 3.63) is 96.1 Å². The van der Waals surface area contributed by atoms with Gasteiger partial charge in [0, 0.05) is 16.6 Å². The van der Waals surface area contributed by atoms with E-state index < -0.39 is 17.5 Å². The standard InChI is InChI=1S/C22H14F2N2O/c23-15-6-9-17(10-7-15)25-22(27)19-13-21(14-4-2-1-3-5-14)26-20-11-8-16(24)12-18(19)20/h1-13H,(H,25,27). The summed E-state index contributed by atoms with van der Waals surface area (Å²) < 4.78 is 26.9. The molecule has 0 bridgehead atoms. The van der Waals surface area contributed by atoms with Gasteiger partial charge >= 0.3 is 0 Å². The topological polar surface area (TPSA) is 42.0 Å². The number of hydrogen-bond donors (Lipinski definition) is 1. The SMILES string of the molecule is O=C(Nc1ccc(F)cc1)c1cc(-c2ccccc2)nc2ccc(F)cc12. The van der Waals surface area contributed by atoms with Crippen LogP contribution in [-0.2, 0) is 0 Å².